The van der Waals surface area contributed by atoms with Gasteiger partial charge in [-0.2, -0.15) is 0 Å². The number of primary amides is 1. The van der Waals surface area contributed by atoms with Gasteiger partial charge in [0.2, 0.25) is 5.91 Å². The van der Waals surface area contributed by atoms with E-state index in [1.807, 2.05) is 0 Å². The van der Waals surface area contributed by atoms with E-state index in [1.54, 1.807) is 0 Å². The van der Waals surface area contributed by atoms with Crippen molar-refractivity contribution in [3.63, 3.8) is 0 Å². The molecule has 0 aromatic heterocycles. The Morgan fingerprint density at radius 1 is 1.23 bits per heavy atom. The molecule has 22 heavy (non-hydrogen) atoms. The molecule has 2 aliphatic rings. The van der Waals surface area contributed by atoms with Crippen LogP contribution in [0.2, 0.25) is 0 Å². The van der Waals surface area contributed by atoms with Crippen LogP contribution in [0.3, 0.4) is 0 Å². The number of carbonyl (C=O) groups is 1. The molecule has 0 saturated heterocycles. The van der Waals surface area contributed by atoms with Crippen molar-refractivity contribution in [1.82, 2.24) is 0 Å². The lowest BCUT2D eigenvalue weighted by Gasteiger charge is -2.57. The summed E-state index contributed by atoms with van der Waals surface area (Å²) in [6.45, 7) is 6.93. The predicted molar refractivity (Wildman–Crippen MR) is 90.3 cm³/mol. The van der Waals surface area contributed by atoms with Crippen LogP contribution in [-0.2, 0) is 10.2 Å². The zero-order chi connectivity index (χ0) is 16.0. The minimum Gasteiger partial charge on any atom is -0.369 e. The molecule has 2 fully saturated rings. The standard InChI is InChI=1S/C20H29NO/c1-4-19(3)11-15-12-20(13-19,16-8-6-5-7-9-16)10-14(2)17(15)18(21)22/h5-9,14-15,17H,4,10-13H2,1-3H3,(H2,21,22). The van der Waals surface area contributed by atoms with Crippen LogP contribution in [-0.4, -0.2) is 5.91 Å². The first kappa shape index (κ1) is 15.6. The van der Waals surface area contributed by atoms with E-state index in [2.05, 4.69) is 51.1 Å². The Morgan fingerprint density at radius 3 is 2.50 bits per heavy atom. The maximum Gasteiger partial charge on any atom is 0.221 e. The first-order chi connectivity index (χ1) is 10.4. The molecule has 1 aromatic rings. The molecule has 5 unspecified atom stereocenters. The maximum absolute atomic E-state index is 12.0. The number of amides is 1. The summed E-state index contributed by atoms with van der Waals surface area (Å²) in [6.07, 6.45) is 5.79. The summed E-state index contributed by atoms with van der Waals surface area (Å²) in [6, 6.07) is 11.0. The molecular formula is C20H29NO. The van der Waals surface area contributed by atoms with E-state index < -0.39 is 0 Å². The molecule has 2 heteroatoms. The maximum atomic E-state index is 12.0. The number of benzene rings is 1. The van der Waals surface area contributed by atoms with Crippen molar-refractivity contribution in [2.24, 2.45) is 28.9 Å². The van der Waals surface area contributed by atoms with Gasteiger partial charge in [-0.15, -0.1) is 0 Å². The first-order valence-electron chi connectivity index (χ1n) is 8.74. The lowest BCUT2D eigenvalue weighted by atomic mass is 9.47. The fourth-order valence-corrected chi connectivity index (χ4v) is 5.70. The molecule has 120 valence electrons. The largest absolute Gasteiger partial charge is 0.369 e. The number of hydrogen-bond donors (Lipinski definition) is 1. The molecule has 1 amide bonds. The van der Waals surface area contributed by atoms with Crippen molar-refractivity contribution in [3.8, 4) is 0 Å². The van der Waals surface area contributed by atoms with Crippen LogP contribution in [0.25, 0.3) is 0 Å². The van der Waals surface area contributed by atoms with Gasteiger partial charge >= 0.3 is 0 Å². The van der Waals surface area contributed by atoms with Crippen molar-refractivity contribution < 1.29 is 4.79 Å². The summed E-state index contributed by atoms with van der Waals surface area (Å²) in [5, 5.41) is 0. The minimum absolute atomic E-state index is 0.0583. The summed E-state index contributed by atoms with van der Waals surface area (Å²) < 4.78 is 0. The molecule has 3 rings (SSSR count). The van der Waals surface area contributed by atoms with Gasteiger partial charge in [0.15, 0.2) is 0 Å². The molecule has 1 aromatic carbocycles. The zero-order valence-corrected chi connectivity index (χ0v) is 14.1. The minimum atomic E-state index is -0.0838. The van der Waals surface area contributed by atoms with Crippen LogP contribution >= 0.6 is 0 Å². The van der Waals surface area contributed by atoms with Crippen LogP contribution in [0.5, 0.6) is 0 Å². The Kier molecular flexibility index (Phi) is 3.82. The van der Waals surface area contributed by atoms with Crippen molar-refractivity contribution >= 4 is 5.91 Å². The van der Waals surface area contributed by atoms with Crippen LogP contribution in [0.4, 0.5) is 0 Å². The number of fused-ring (bicyclic) bond motifs is 2. The molecule has 2 bridgehead atoms. The SMILES string of the molecule is CCC1(C)CC2CC(c3ccccc3)(CC(C)C2C(N)=O)C1. The molecule has 0 radical (unpaired) electrons. The van der Waals surface area contributed by atoms with E-state index in [1.165, 1.54) is 18.4 Å². The van der Waals surface area contributed by atoms with Gasteiger partial charge in [-0.05, 0) is 53.9 Å². The molecule has 0 heterocycles. The van der Waals surface area contributed by atoms with Crippen LogP contribution in [0.15, 0.2) is 30.3 Å². The highest BCUT2D eigenvalue weighted by Crippen LogP contribution is 2.60. The van der Waals surface area contributed by atoms with Gasteiger partial charge in [-0.3, -0.25) is 4.79 Å². The smallest absolute Gasteiger partial charge is 0.221 e. The molecule has 0 aliphatic heterocycles. The third-order valence-electron chi connectivity index (χ3n) is 6.57. The Bertz CT molecular complexity index is 550. The van der Waals surface area contributed by atoms with Crippen molar-refractivity contribution in [2.45, 2.75) is 58.3 Å². The van der Waals surface area contributed by atoms with E-state index in [0.717, 1.165) is 19.3 Å². The summed E-state index contributed by atoms with van der Waals surface area (Å²) in [4.78, 5) is 12.0. The highest BCUT2D eigenvalue weighted by Gasteiger charge is 2.54. The third-order valence-corrected chi connectivity index (χ3v) is 6.57. The second-order valence-corrected chi connectivity index (χ2v) is 8.27. The van der Waals surface area contributed by atoms with Gasteiger partial charge in [0, 0.05) is 5.92 Å². The van der Waals surface area contributed by atoms with Gasteiger partial charge in [0.1, 0.15) is 0 Å². The molecule has 2 aliphatic carbocycles. The van der Waals surface area contributed by atoms with E-state index in [0.29, 0.717) is 17.3 Å². The first-order valence-corrected chi connectivity index (χ1v) is 8.74. The van der Waals surface area contributed by atoms with E-state index in [-0.39, 0.29) is 17.2 Å². The number of hydrogen-bond acceptors (Lipinski definition) is 1. The Hall–Kier alpha value is -1.31. The van der Waals surface area contributed by atoms with E-state index in [9.17, 15) is 4.79 Å². The summed E-state index contributed by atoms with van der Waals surface area (Å²) >= 11 is 0. The number of nitrogens with two attached hydrogens (primary N) is 1. The molecular weight excluding hydrogens is 270 g/mol. The number of carbonyl (C=O) groups excluding carboxylic acids is 1. The topological polar surface area (TPSA) is 43.1 Å². The van der Waals surface area contributed by atoms with Gasteiger partial charge in [0.05, 0.1) is 0 Å². The molecule has 0 spiro atoms. The lowest BCUT2D eigenvalue weighted by Crippen LogP contribution is -2.53. The fraction of sp³-hybridized carbons (Fsp3) is 0.650. The predicted octanol–water partition coefficient (Wildman–Crippen LogP) is 4.28. The van der Waals surface area contributed by atoms with E-state index >= 15 is 0 Å². The fourth-order valence-electron chi connectivity index (χ4n) is 5.70. The second kappa shape index (κ2) is 5.40. The average molecular weight is 299 g/mol. The second-order valence-electron chi connectivity index (χ2n) is 8.27. The monoisotopic (exact) mass is 299 g/mol. The normalized spacial score (nSPS) is 41.1. The molecule has 5 atom stereocenters. The molecule has 2 saturated carbocycles. The van der Waals surface area contributed by atoms with Crippen LogP contribution in [0, 0.1) is 23.2 Å². The van der Waals surface area contributed by atoms with Gasteiger partial charge in [-0.1, -0.05) is 57.5 Å². The Balaban J connectivity index is 2.04. The van der Waals surface area contributed by atoms with Crippen LogP contribution in [0.1, 0.15) is 58.4 Å². The van der Waals surface area contributed by atoms with E-state index in [4.69, 9.17) is 5.73 Å². The molecule has 2 nitrogen and oxygen atoms in total. The van der Waals surface area contributed by atoms with Crippen LogP contribution < -0.4 is 5.73 Å². The summed E-state index contributed by atoms with van der Waals surface area (Å²) in [5.41, 5.74) is 7.80. The average Bonchev–Trinajstić information content (AvgIpc) is 2.46. The van der Waals surface area contributed by atoms with Gasteiger partial charge in [-0.25, -0.2) is 0 Å². The summed E-state index contributed by atoms with van der Waals surface area (Å²) in [5.74, 6) is 0.806. The van der Waals surface area contributed by atoms with Crippen molar-refractivity contribution in [1.29, 1.82) is 0 Å². The zero-order valence-electron chi connectivity index (χ0n) is 14.1. The number of rotatable bonds is 3. The highest BCUT2D eigenvalue weighted by molar-refractivity contribution is 5.77. The Labute approximate surface area is 134 Å². The van der Waals surface area contributed by atoms with Crippen molar-refractivity contribution in [2.75, 3.05) is 0 Å². The molecule has 2 N–H and O–H groups in total. The Morgan fingerprint density at radius 2 is 1.91 bits per heavy atom. The van der Waals surface area contributed by atoms with Gasteiger partial charge < -0.3 is 5.73 Å². The lowest BCUT2D eigenvalue weighted by molar-refractivity contribution is -0.131. The van der Waals surface area contributed by atoms with Crippen molar-refractivity contribution in [3.05, 3.63) is 35.9 Å². The highest BCUT2D eigenvalue weighted by atomic mass is 16.1. The summed E-state index contributed by atoms with van der Waals surface area (Å²) in [7, 11) is 0. The van der Waals surface area contributed by atoms with Gasteiger partial charge in [0.25, 0.3) is 0 Å². The quantitative estimate of drug-likeness (QED) is 0.889. The third kappa shape index (κ3) is 2.47.